The van der Waals surface area contributed by atoms with Crippen LogP contribution >= 0.6 is 11.8 Å². The van der Waals surface area contributed by atoms with Crippen LogP contribution in [0.4, 0.5) is 0 Å². The zero-order valence-electron chi connectivity index (χ0n) is 10.5. The largest absolute Gasteiger partial charge is 0.353 e. The number of nitrogens with zero attached hydrogens (tertiary/aromatic N) is 5. The van der Waals surface area contributed by atoms with Gasteiger partial charge in [0.2, 0.25) is 10.7 Å². The van der Waals surface area contributed by atoms with E-state index in [-0.39, 0.29) is 16.5 Å². The number of aromatic nitrogens is 5. The fourth-order valence-electron chi connectivity index (χ4n) is 1.54. The van der Waals surface area contributed by atoms with Crippen molar-refractivity contribution in [1.82, 2.24) is 29.1 Å². The highest BCUT2D eigenvalue weighted by Gasteiger charge is 2.24. The molecule has 19 heavy (non-hydrogen) atoms. The van der Waals surface area contributed by atoms with E-state index in [4.69, 9.17) is 0 Å². The highest BCUT2D eigenvalue weighted by Crippen LogP contribution is 2.12. The number of imidazole rings is 1. The molecule has 104 valence electrons. The van der Waals surface area contributed by atoms with Crippen molar-refractivity contribution in [3.05, 3.63) is 16.3 Å². The van der Waals surface area contributed by atoms with Crippen LogP contribution in [0.3, 0.4) is 0 Å². The molecule has 0 aliphatic rings. The Balaban J connectivity index is 2.82. The smallest absolute Gasteiger partial charge is 0.245 e. The lowest BCUT2D eigenvalue weighted by Gasteiger charge is -2.02. The van der Waals surface area contributed by atoms with E-state index in [1.54, 1.807) is 0 Å². The minimum atomic E-state index is -3.78. The summed E-state index contributed by atoms with van der Waals surface area (Å²) in [5, 5.41) is 7.18. The number of nitrogens with one attached hydrogen (secondary N) is 1. The van der Waals surface area contributed by atoms with Crippen molar-refractivity contribution in [3.8, 4) is 0 Å². The number of hydrogen-bond acceptors (Lipinski definition) is 7. The molecule has 0 saturated heterocycles. The van der Waals surface area contributed by atoms with Crippen LogP contribution in [0.1, 0.15) is 5.82 Å². The van der Waals surface area contributed by atoms with Crippen molar-refractivity contribution >= 4 is 27.4 Å². The molecule has 0 spiro atoms. The van der Waals surface area contributed by atoms with Gasteiger partial charge in [-0.2, -0.15) is 4.68 Å². The fourth-order valence-corrected chi connectivity index (χ4v) is 2.77. The van der Waals surface area contributed by atoms with Crippen molar-refractivity contribution in [1.29, 1.82) is 0 Å². The average Bonchev–Trinajstić information content (AvgIpc) is 2.72. The predicted molar refractivity (Wildman–Crippen MR) is 69.5 cm³/mol. The molecule has 0 saturated carbocycles. The van der Waals surface area contributed by atoms with Gasteiger partial charge in [-0.3, -0.25) is 0 Å². The van der Waals surface area contributed by atoms with Gasteiger partial charge in [-0.1, -0.05) is 5.21 Å². The second kappa shape index (κ2) is 4.90. The summed E-state index contributed by atoms with van der Waals surface area (Å²) in [4.78, 5) is 16.0. The normalized spacial score (nSPS) is 12.2. The van der Waals surface area contributed by atoms with Crippen LogP contribution < -0.4 is 10.4 Å². The standard InChI is InChI=1S/C8H12N6O3S2/c1-5-10-7(19(16,17)9-2)6-11-12-13(4-18-3)8(15)14(5)6/h9H,4H2,1-3H3. The maximum atomic E-state index is 12.1. The Morgan fingerprint density at radius 1 is 1.42 bits per heavy atom. The lowest BCUT2D eigenvalue weighted by atomic mass is 10.7. The van der Waals surface area contributed by atoms with Crippen molar-refractivity contribution in [2.75, 3.05) is 13.3 Å². The molecule has 0 aliphatic heterocycles. The summed E-state index contributed by atoms with van der Waals surface area (Å²) in [7, 11) is -2.52. The van der Waals surface area contributed by atoms with E-state index < -0.39 is 15.7 Å². The molecule has 2 rings (SSSR count). The first-order valence-electron chi connectivity index (χ1n) is 5.17. The molecule has 9 nitrogen and oxygen atoms in total. The lowest BCUT2D eigenvalue weighted by molar-refractivity contribution is 0.581. The van der Waals surface area contributed by atoms with Crippen molar-refractivity contribution < 1.29 is 8.42 Å². The molecule has 0 aromatic carbocycles. The predicted octanol–water partition coefficient (Wildman–Crippen LogP) is -1.18. The number of hydrogen-bond donors (Lipinski definition) is 1. The summed E-state index contributed by atoms with van der Waals surface area (Å²) in [6.45, 7) is 1.54. The molecular formula is C8H12N6O3S2. The van der Waals surface area contributed by atoms with Gasteiger partial charge in [-0.05, 0) is 20.2 Å². The van der Waals surface area contributed by atoms with Crippen LogP contribution in [0, 0.1) is 6.92 Å². The third-order valence-electron chi connectivity index (χ3n) is 2.42. The summed E-state index contributed by atoms with van der Waals surface area (Å²) in [6.07, 6.45) is 1.82. The summed E-state index contributed by atoms with van der Waals surface area (Å²) in [5.74, 6) is 0.576. The monoisotopic (exact) mass is 304 g/mol. The van der Waals surface area contributed by atoms with E-state index in [1.165, 1.54) is 25.7 Å². The van der Waals surface area contributed by atoms with Gasteiger partial charge in [0.15, 0.2) is 0 Å². The number of sulfonamides is 1. The number of aryl methyl sites for hydroxylation is 1. The molecular weight excluding hydrogens is 292 g/mol. The summed E-state index contributed by atoms with van der Waals surface area (Å²) < 4.78 is 28.0. The van der Waals surface area contributed by atoms with Crippen LogP contribution in [0.15, 0.2) is 9.82 Å². The SMILES string of the molecule is CNS(=O)(=O)c1nc(C)n2c(=O)n(CSC)nnc12. The third-order valence-corrected chi connectivity index (χ3v) is 4.25. The Labute approximate surface area is 113 Å². The molecule has 1 N–H and O–H groups in total. The molecule has 0 amide bonds. The summed E-state index contributed by atoms with van der Waals surface area (Å²) >= 11 is 1.40. The van der Waals surface area contributed by atoms with Gasteiger partial charge in [0.05, 0.1) is 5.88 Å². The van der Waals surface area contributed by atoms with Gasteiger partial charge in [-0.15, -0.1) is 16.9 Å². The van der Waals surface area contributed by atoms with E-state index in [1.807, 2.05) is 6.26 Å². The quantitative estimate of drug-likeness (QED) is 0.757. The maximum Gasteiger partial charge on any atom is 0.353 e. The highest BCUT2D eigenvalue weighted by molar-refractivity contribution is 7.97. The van der Waals surface area contributed by atoms with Gasteiger partial charge in [0.1, 0.15) is 5.82 Å². The van der Waals surface area contributed by atoms with Gasteiger partial charge in [-0.25, -0.2) is 27.3 Å². The zero-order valence-corrected chi connectivity index (χ0v) is 12.1. The van der Waals surface area contributed by atoms with E-state index in [2.05, 4.69) is 20.0 Å². The fraction of sp³-hybridized carbons (Fsp3) is 0.500. The van der Waals surface area contributed by atoms with Gasteiger partial charge >= 0.3 is 5.69 Å². The molecule has 0 atom stereocenters. The summed E-state index contributed by atoms with van der Waals surface area (Å²) in [5.41, 5.74) is -0.545. The van der Waals surface area contributed by atoms with E-state index in [0.717, 1.165) is 9.08 Å². The molecule has 0 bridgehead atoms. The Kier molecular flexibility index (Phi) is 3.60. The lowest BCUT2D eigenvalue weighted by Crippen LogP contribution is -2.30. The average molecular weight is 304 g/mol. The first-order chi connectivity index (χ1) is 8.92. The van der Waals surface area contributed by atoms with E-state index >= 15 is 0 Å². The molecule has 2 heterocycles. The minimum absolute atomic E-state index is 0.0748. The second-order valence-electron chi connectivity index (χ2n) is 3.62. The number of fused-ring (bicyclic) bond motifs is 1. The van der Waals surface area contributed by atoms with Crippen LogP contribution in [0.2, 0.25) is 0 Å². The molecule has 2 aromatic heterocycles. The van der Waals surface area contributed by atoms with E-state index in [9.17, 15) is 13.2 Å². The van der Waals surface area contributed by atoms with Crippen LogP contribution in [-0.2, 0) is 15.9 Å². The number of thioether (sulfide) groups is 1. The Hall–Kier alpha value is -1.46. The molecule has 0 aliphatic carbocycles. The van der Waals surface area contributed by atoms with Crippen LogP contribution in [0.25, 0.3) is 5.65 Å². The summed E-state index contributed by atoms with van der Waals surface area (Å²) in [6, 6.07) is 0. The third kappa shape index (κ3) is 2.24. The van der Waals surface area contributed by atoms with Crippen molar-refractivity contribution in [3.63, 3.8) is 0 Å². The molecule has 0 fully saturated rings. The van der Waals surface area contributed by atoms with Crippen molar-refractivity contribution in [2.45, 2.75) is 17.8 Å². The molecule has 2 aromatic rings. The first kappa shape index (κ1) is 14.0. The maximum absolute atomic E-state index is 12.1. The Morgan fingerprint density at radius 2 is 2.11 bits per heavy atom. The highest BCUT2D eigenvalue weighted by atomic mass is 32.2. The van der Waals surface area contributed by atoms with Crippen LogP contribution in [0.5, 0.6) is 0 Å². The Morgan fingerprint density at radius 3 is 2.68 bits per heavy atom. The van der Waals surface area contributed by atoms with Gasteiger partial charge in [0.25, 0.3) is 10.0 Å². The van der Waals surface area contributed by atoms with E-state index in [0.29, 0.717) is 5.88 Å². The molecule has 11 heteroatoms. The zero-order chi connectivity index (χ0) is 14.2. The van der Waals surface area contributed by atoms with Crippen molar-refractivity contribution in [2.24, 2.45) is 0 Å². The second-order valence-corrected chi connectivity index (χ2v) is 6.26. The molecule has 0 radical (unpaired) electrons. The topological polar surface area (TPSA) is 111 Å². The number of rotatable bonds is 4. The minimum Gasteiger partial charge on any atom is -0.245 e. The first-order valence-corrected chi connectivity index (χ1v) is 8.05. The molecule has 0 unspecified atom stereocenters. The van der Waals surface area contributed by atoms with Crippen LogP contribution in [-0.4, -0.2) is 46.1 Å². The van der Waals surface area contributed by atoms with Gasteiger partial charge < -0.3 is 0 Å². The Bertz CT molecular complexity index is 778. The van der Waals surface area contributed by atoms with Gasteiger partial charge in [0, 0.05) is 0 Å².